The quantitative estimate of drug-likeness (QED) is 0.664. The predicted octanol–water partition coefficient (Wildman–Crippen LogP) is 4.52. The number of alkyl halides is 3. The van der Waals surface area contributed by atoms with Crippen LogP contribution in [-0.2, 0) is 27.7 Å². The third-order valence-electron chi connectivity index (χ3n) is 5.15. The van der Waals surface area contributed by atoms with Gasteiger partial charge in [0.1, 0.15) is 6.54 Å². The number of hydrogen-bond donors (Lipinski definition) is 1. The molecule has 168 valence electrons. The molecular formula is C20H19Cl2F3N2O3S. The first kappa shape index (κ1) is 23.8. The largest absolute Gasteiger partial charge is 0.402 e. The highest BCUT2D eigenvalue weighted by Gasteiger charge is 2.34. The van der Waals surface area contributed by atoms with E-state index >= 15 is 0 Å². The molecule has 31 heavy (non-hydrogen) atoms. The zero-order chi connectivity index (χ0) is 23.0. The highest BCUT2D eigenvalue weighted by molar-refractivity contribution is 7.89. The highest BCUT2D eigenvalue weighted by Crippen LogP contribution is 2.34. The van der Waals surface area contributed by atoms with Gasteiger partial charge in [0.05, 0.1) is 17.4 Å². The van der Waals surface area contributed by atoms with E-state index in [2.05, 4.69) is 0 Å². The molecule has 1 heterocycles. The molecule has 0 fully saturated rings. The second kappa shape index (κ2) is 8.97. The molecule has 11 heteroatoms. The summed E-state index contributed by atoms with van der Waals surface area (Å²) in [4.78, 5) is 14.3. The summed E-state index contributed by atoms with van der Waals surface area (Å²) in [6.07, 6.45) is -4.51. The van der Waals surface area contributed by atoms with Gasteiger partial charge in [0.15, 0.2) is 0 Å². The SMILES string of the molecule is C[C@H]1c2cccc(S(=O)(=O)NCC(F)(F)F)c2CCN1C(=O)Cc1c(Cl)cccc1Cl. The van der Waals surface area contributed by atoms with Gasteiger partial charge in [0, 0.05) is 16.6 Å². The molecule has 1 N–H and O–H groups in total. The van der Waals surface area contributed by atoms with Crippen LogP contribution in [0.25, 0.3) is 0 Å². The number of fused-ring (bicyclic) bond motifs is 1. The highest BCUT2D eigenvalue weighted by atomic mass is 35.5. The topological polar surface area (TPSA) is 66.5 Å². The zero-order valence-corrected chi connectivity index (χ0v) is 18.7. The average molecular weight is 495 g/mol. The van der Waals surface area contributed by atoms with E-state index in [1.807, 2.05) is 0 Å². The Labute approximate surface area is 188 Å². The lowest BCUT2D eigenvalue weighted by molar-refractivity contribution is -0.133. The van der Waals surface area contributed by atoms with Crippen LogP contribution in [0.15, 0.2) is 41.3 Å². The number of amides is 1. The number of halogens is 5. The summed E-state index contributed by atoms with van der Waals surface area (Å²) in [5, 5.41) is 0.741. The van der Waals surface area contributed by atoms with Crippen molar-refractivity contribution in [2.24, 2.45) is 0 Å². The Bertz CT molecular complexity index is 1090. The second-order valence-electron chi connectivity index (χ2n) is 7.15. The number of benzene rings is 2. The van der Waals surface area contributed by atoms with Gasteiger partial charge in [-0.25, -0.2) is 13.1 Å². The van der Waals surface area contributed by atoms with E-state index in [-0.39, 0.29) is 30.2 Å². The molecule has 3 rings (SSSR count). The molecule has 0 spiro atoms. The lowest BCUT2D eigenvalue weighted by Crippen LogP contribution is -2.41. The minimum atomic E-state index is -4.67. The maximum atomic E-state index is 12.9. The fourth-order valence-corrected chi connectivity index (χ4v) is 5.48. The molecule has 1 amide bonds. The Hall–Kier alpha value is -1.81. The van der Waals surface area contributed by atoms with E-state index < -0.39 is 28.8 Å². The smallest absolute Gasteiger partial charge is 0.335 e. The zero-order valence-electron chi connectivity index (χ0n) is 16.3. The Morgan fingerprint density at radius 2 is 1.77 bits per heavy atom. The minimum Gasteiger partial charge on any atom is -0.335 e. The van der Waals surface area contributed by atoms with Crippen molar-refractivity contribution in [3.05, 3.63) is 63.1 Å². The molecule has 0 saturated heterocycles. The van der Waals surface area contributed by atoms with Crippen LogP contribution in [0.2, 0.25) is 10.0 Å². The van der Waals surface area contributed by atoms with Crippen LogP contribution >= 0.6 is 23.2 Å². The third-order valence-corrected chi connectivity index (χ3v) is 7.35. The minimum absolute atomic E-state index is 0.0245. The van der Waals surface area contributed by atoms with Crippen molar-refractivity contribution in [3.63, 3.8) is 0 Å². The summed E-state index contributed by atoms with van der Waals surface area (Å²) < 4.78 is 64.0. The average Bonchev–Trinajstić information content (AvgIpc) is 2.69. The van der Waals surface area contributed by atoms with Crippen molar-refractivity contribution in [2.75, 3.05) is 13.1 Å². The second-order valence-corrected chi connectivity index (χ2v) is 9.70. The van der Waals surface area contributed by atoms with Gasteiger partial charge in [-0.1, -0.05) is 41.4 Å². The van der Waals surface area contributed by atoms with E-state index in [4.69, 9.17) is 23.2 Å². The van der Waals surface area contributed by atoms with E-state index in [1.54, 1.807) is 40.8 Å². The van der Waals surface area contributed by atoms with Crippen LogP contribution in [-0.4, -0.2) is 38.5 Å². The molecule has 2 aromatic rings. The van der Waals surface area contributed by atoms with E-state index in [0.29, 0.717) is 26.7 Å². The van der Waals surface area contributed by atoms with Crippen LogP contribution < -0.4 is 4.72 Å². The van der Waals surface area contributed by atoms with Crippen molar-refractivity contribution in [1.29, 1.82) is 0 Å². The van der Waals surface area contributed by atoms with Gasteiger partial charge in [-0.2, -0.15) is 13.2 Å². The maximum absolute atomic E-state index is 12.9. The van der Waals surface area contributed by atoms with Gasteiger partial charge in [-0.05, 0) is 48.2 Å². The molecule has 5 nitrogen and oxygen atoms in total. The number of nitrogens with zero attached hydrogens (tertiary/aromatic N) is 1. The van der Waals surface area contributed by atoms with Crippen LogP contribution in [0.3, 0.4) is 0 Å². The van der Waals surface area contributed by atoms with Gasteiger partial charge in [0.2, 0.25) is 15.9 Å². The molecule has 0 aliphatic carbocycles. The monoisotopic (exact) mass is 494 g/mol. The van der Waals surface area contributed by atoms with Gasteiger partial charge in [-0.15, -0.1) is 0 Å². The number of hydrogen-bond acceptors (Lipinski definition) is 3. The number of carbonyl (C=O) groups is 1. The summed E-state index contributed by atoms with van der Waals surface area (Å²) >= 11 is 12.3. The molecule has 0 bridgehead atoms. The first-order valence-corrected chi connectivity index (χ1v) is 11.5. The molecule has 1 atom stereocenters. The molecule has 0 radical (unpaired) electrons. The predicted molar refractivity (Wildman–Crippen MR) is 112 cm³/mol. The Morgan fingerprint density at radius 1 is 1.16 bits per heavy atom. The standard InChI is InChI=1S/C20H19Cl2F3N2O3S/c1-12-13-4-2-7-18(31(29,30)26-11-20(23,24)25)14(13)8-9-27(12)19(28)10-15-16(21)5-3-6-17(15)22/h2-7,12,26H,8-11H2,1H3/t12-/m0/s1. The fourth-order valence-electron chi connectivity index (χ4n) is 3.64. The van der Waals surface area contributed by atoms with E-state index in [0.717, 1.165) is 0 Å². The summed E-state index contributed by atoms with van der Waals surface area (Å²) in [7, 11) is -4.36. The molecule has 0 aromatic heterocycles. The van der Waals surface area contributed by atoms with Crippen LogP contribution in [0, 0.1) is 0 Å². The third kappa shape index (κ3) is 5.34. The first-order valence-electron chi connectivity index (χ1n) is 9.31. The van der Waals surface area contributed by atoms with Crippen molar-refractivity contribution in [1.82, 2.24) is 9.62 Å². The molecule has 0 unspecified atom stereocenters. The van der Waals surface area contributed by atoms with Gasteiger partial charge in [0.25, 0.3) is 0 Å². The van der Waals surface area contributed by atoms with Gasteiger partial charge < -0.3 is 4.90 Å². The maximum Gasteiger partial charge on any atom is 0.402 e. The van der Waals surface area contributed by atoms with Crippen molar-refractivity contribution < 1.29 is 26.4 Å². The van der Waals surface area contributed by atoms with Crippen LogP contribution in [0.1, 0.15) is 29.7 Å². The Balaban J connectivity index is 1.86. The molecular weight excluding hydrogens is 476 g/mol. The van der Waals surface area contributed by atoms with Crippen molar-refractivity contribution in [2.45, 2.75) is 36.9 Å². The number of rotatable bonds is 5. The fraction of sp³-hybridized carbons (Fsp3) is 0.350. The lowest BCUT2D eigenvalue weighted by Gasteiger charge is -2.36. The Morgan fingerprint density at radius 3 is 2.39 bits per heavy atom. The molecule has 0 saturated carbocycles. The molecule has 1 aliphatic rings. The van der Waals surface area contributed by atoms with Crippen LogP contribution in [0.4, 0.5) is 13.2 Å². The number of nitrogens with one attached hydrogen (secondary N) is 1. The number of carbonyl (C=O) groups excluding carboxylic acids is 1. The Kier molecular flexibility index (Phi) is 6.90. The van der Waals surface area contributed by atoms with Crippen LogP contribution in [0.5, 0.6) is 0 Å². The van der Waals surface area contributed by atoms with Crippen molar-refractivity contribution in [3.8, 4) is 0 Å². The lowest BCUT2D eigenvalue weighted by atomic mass is 9.93. The molecule has 2 aromatic carbocycles. The van der Waals surface area contributed by atoms with Gasteiger partial charge in [-0.3, -0.25) is 4.79 Å². The van der Waals surface area contributed by atoms with E-state index in [1.165, 1.54) is 12.1 Å². The van der Waals surface area contributed by atoms with E-state index in [9.17, 15) is 26.4 Å². The normalized spacial score (nSPS) is 16.8. The summed E-state index contributed by atoms with van der Waals surface area (Å²) in [5.41, 5.74) is 1.48. The van der Waals surface area contributed by atoms with Gasteiger partial charge >= 0.3 is 6.18 Å². The van der Waals surface area contributed by atoms with Crippen molar-refractivity contribution >= 4 is 39.1 Å². The first-order chi connectivity index (χ1) is 14.4. The summed E-state index contributed by atoms with van der Waals surface area (Å²) in [6.45, 7) is 0.294. The number of sulfonamides is 1. The summed E-state index contributed by atoms with van der Waals surface area (Å²) in [5.74, 6) is -0.239. The summed E-state index contributed by atoms with van der Waals surface area (Å²) in [6, 6.07) is 8.86. The molecule has 1 aliphatic heterocycles.